The zero-order valence-electron chi connectivity index (χ0n) is 19.0. The second kappa shape index (κ2) is 9.35. The zero-order chi connectivity index (χ0) is 26.4. The van der Waals surface area contributed by atoms with E-state index in [1.807, 2.05) is 0 Å². The molecule has 1 aliphatic heterocycles. The first-order chi connectivity index (χ1) is 17.6. The number of benzene rings is 3. The predicted octanol–water partition coefficient (Wildman–Crippen LogP) is 5.57. The van der Waals surface area contributed by atoms with Crippen LogP contribution in [0.2, 0.25) is 10.0 Å². The van der Waals surface area contributed by atoms with Gasteiger partial charge < -0.3 is 15.1 Å². The summed E-state index contributed by atoms with van der Waals surface area (Å²) in [6.45, 7) is -0.146. The Bertz CT molecular complexity index is 1540. The maximum absolute atomic E-state index is 13.9. The quantitative estimate of drug-likeness (QED) is 0.428. The van der Waals surface area contributed by atoms with E-state index in [-0.39, 0.29) is 41.0 Å². The van der Waals surface area contributed by atoms with Crippen LogP contribution < -0.4 is 0 Å². The lowest BCUT2D eigenvalue weighted by Gasteiger charge is -2.22. The van der Waals surface area contributed by atoms with E-state index in [9.17, 15) is 29.4 Å². The van der Waals surface area contributed by atoms with E-state index in [4.69, 9.17) is 23.2 Å². The highest BCUT2D eigenvalue weighted by Crippen LogP contribution is 2.47. The van der Waals surface area contributed by atoms with Crippen molar-refractivity contribution in [3.8, 4) is 0 Å². The molecule has 7 nitrogen and oxygen atoms in total. The lowest BCUT2D eigenvalue weighted by Crippen LogP contribution is -2.26. The van der Waals surface area contributed by atoms with Crippen LogP contribution in [0.25, 0.3) is 11.3 Å². The Labute approximate surface area is 220 Å². The van der Waals surface area contributed by atoms with Gasteiger partial charge in [0.05, 0.1) is 34.5 Å². The number of ketones is 1. The summed E-state index contributed by atoms with van der Waals surface area (Å²) in [7, 11) is 0. The van der Waals surface area contributed by atoms with Gasteiger partial charge in [0.15, 0.2) is 5.78 Å². The van der Waals surface area contributed by atoms with Crippen molar-refractivity contribution in [3.63, 3.8) is 0 Å². The number of carbonyl (C=O) groups excluding carboxylic acids is 2. The van der Waals surface area contributed by atoms with Crippen LogP contribution >= 0.6 is 23.2 Å². The van der Waals surface area contributed by atoms with Crippen LogP contribution in [0, 0.1) is 0 Å². The summed E-state index contributed by atoms with van der Waals surface area (Å²) in [6.07, 6.45) is 0.0423. The van der Waals surface area contributed by atoms with Crippen molar-refractivity contribution in [2.24, 2.45) is 0 Å². The monoisotopic (exact) mass is 533 g/mol. The van der Waals surface area contributed by atoms with Crippen molar-refractivity contribution < 1.29 is 29.4 Å². The largest absolute Gasteiger partial charge is 0.478 e. The summed E-state index contributed by atoms with van der Waals surface area (Å²) < 4.78 is 0. The molecule has 0 unspecified atom stereocenters. The van der Waals surface area contributed by atoms with Crippen LogP contribution in [0.1, 0.15) is 43.8 Å². The molecule has 2 N–H and O–H groups in total. The number of hydrogen-bond donors (Lipinski definition) is 2. The Morgan fingerprint density at radius 2 is 1.27 bits per heavy atom. The van der Waals surface area contributed by atoms with Gasteiger partial charge in [0.1, 0.15) is 0 Å². The number of carboxylic acid groups (broad SMARTS) is 2. The van der Waals surface area contributed by atoms with Crippen LogP contribution in [0.4, 0.5) is 0 Å². The van der Waals surface area contributed by atoms with Gasteiger partial charge in [-0.05, 0) is 64.7 Å². The molecule has 0 saturated heterocycles. The smallest absolute Gasteiger partial charge is 0.335 e. The van der Waals surface area contributed by atoms with Gasteiger partial charge in [0.2, 0.25) is 0 Å². The number of rotatable bonds is 6. The molecule has 1 aliphatic carbocycles. The summed E-state index contributed by atoms with van der Waals surface area (Å²) in [4.78, 5) is 51.8. The summed E-state index contributed by atoms with van der Waals surface area (Å²) in [5.74, 6) is -3.26. The molecule has 9 heteroatoms. The molecule has 2 aliphatic rings. The molecule has 0 spiro atoms. The van der Waals surface area contributed by atoms with E-state index < -0.39 is 17.8 Å². The first kappa shape index (κ1) is 24.5. The van der Waals surface area contributed by atoms with E-state index in [2.05, 4.69) is 0 Å². The topological polar surface area (TPSA) is 112 Å². The van der Waals surface area contributed by atoms with Crippen LogP contribution in [-0.2, 0) is 16.1 Å². The van der Waals surface area contributed by atoms with Crippen molar-refractivity contribution >= 4 is 58.1 Å². The second-order valence-electron chi connectivity index (χ2n) is 8.61. The van der Waals surface area contributed by atoms with Gasteiger partial charge in [-0.15, -0.1) is 0 Å². The summed E-state index contributed by atoms with van der Waals surface area (Å²) in [6, 6.07) is 17.2. The van der Waals surface area contributed by atoms with Gasteiger partial charge in [-0.2, -0.15) is 0 Å². The molecule has 37 heavy (non-hydrogen) atoms. The Balaban J connectivity index is 1.69. The number of carbonyl (C=O) groups is 4. The molecule has 184 valence electrons. The van der Waals surface area contributed by atoms with Crippen molar-refractivity contribution in [2.45, 2.75) is 13.0 Å². The van der Waals surface area contributed by atoms with Crippen LogP contribution in [0.15, 0.2) is 77.9 Å². The van der Waals surface area contributed by atoms with Gasteiger partial charge in [-0.25, -0.2) is 9.59 Å². The summed E-state index contributed by atoms with van der Waals surface area (Å²) in [5, 5.41) is 19.9. The van der Waals surface area contributed by atoms with Gasteiger partial charge in [0.25, 0.3) is 5.91 Å². The van der Waals surface area contributed by atoms with Gasteiger partial charge in [0, 0.05) is 16.5 Å². The molecule has 3 aromatic carbocycles. The highest BCUT2D eigenvalue weighted by atomic mass is 35.5. The van der Waals surface area contributed by atoms with Crippen LogP contribution in [0.3, 0.4) is 0 Å². The first-order valence-corrected chi connectivity index (χ1v) is 11.8. The highest BCUT2D eigenvalue weighted by Gasteiger charge is 2.45. The third-order valence-corrected chi connectivity index (χ3v) is 6.78. The molecule has 0 aromatic heterocycles. The lowest BCUT2D eigenvalue weighted by molar-refractivity contribution is -0.123. The Hall–Kier alpha value is -4.20. The zero-order valence-corrected chi connectivity index (χ0v) is 20.5. The van der Waals surface area contributed by atoms with E-state index in [0.29, 0.717) is 38.0 Å². The van der Waals surface area contributed by atoms with Gasteiger partial charge >= 0.3 is 11.9 Å². The average Bonchev–Trinajstić information content (AvgIpc) is 3.35. The number of carboxylic acids is 2. The van der Waals surface area contributed by atoms with Crippen LogP contribution in [-0.4, -0.2) is 38.7 Å². The average molecular weight is 534 g/mol. The second-order valence-corrected chi connectivity index (χ2v) is 9.48. The lowest BCUT2D eigenvalue weighted by atomic mass is 10.0. The number of hydrogen-bond acceptors (Lipinski definition) is 4. The molecule has 1 heterocycles. The molecule has 0 fully saturated rings. The van der Waals surface area contributed by atoms with E-state index >= 15 is 0 Å². The maximum atomic E-state index is 13.9. The summed E-state index contributed by atoms with van der Waals surface area (Å²) >= 11 is 12.1. The fraction of sp³-hybridized carbons (Fsp3) is 0.0714. The number of halogens is 2. The van der Waals surface area contributed by atoms with E-state index in [1.165, 1.54) is 17.0 Å². The molecule has 0 saturated carbocycles. The molecule has 1 amide bonds. The fourth-order valence-corrected chi connectivity index (χ4v) is 4.91. The minimum Gasteiger partial charge on any atom is -0.478 e. The predicted molar refractivity (Wildman–Crippen MR) is 137 cm³/mol. The van der Waals surface area contributed by atoms with E-state index in [1.54, 1.807) is 48.5 Å². The molecule has 3 aromatic rings. The molecular weight excluding hydrogens is 517 g/mol. The van der Waals surface area contributed by atoms with Crippen LogP contribution in [0.5, 0.6) is 0 Å². The minimum atomic E-state index is -1.30. The van der Waals surface area contributed by atoms with Crippen molar-refractivity contribution in [2.75, 3.05) is 0 Å². The minimum absolute atomic E-state index is 0.0423. The van der Waals surface area contributed by atoms with Crippen molar-refractivity contribution in [3.05, 3.63) is 116 Å². The molecule has 5 rings (SSSR count). The molecule has 0 bridgehead atoms. The number of Topliss-reactive ketones (excluding diaryl/α,β-unsaturated/α-hetero) is 1. The van der Waals surface area contributed by atoms with Crippen molar-refractivity contribution in [1.82, 2.24) is 4.90 Å². The van der Waals surface area contributed by atoms with Gasteiger partial charge in [-0.3, -0.25) is 9.59 Å². The fourth-order valence-electron chi connectivity index (χ4n) is 4.65. The highest BCUT2D eigenvalue weighted by molar-refractivity contribution is 6.32. The first-order valence-electron chi connectivity index (χ1n) is 11.1. The standard InChI is InChI=1S/C28H17Cl2NO6/c29-19-5-1-15(2-6-19)21-12-22(32)24-23(21)26(33)31(25(24)16-3-7-20(30)8-4-16)13-14-9-17(27(34)35)11-18(10-14)28(36)37/h1-11H,12-13H2,(H,34,35)(H,36,37). The van der Waals surface area contributed by atoms with Crippen molar-refractivity contribution in [1.29, 1.82) is 0 Å². The maximum Gasteiger partial charge on any atom is 0.335 e. The third-order valence-electron chi connectivity index (χ3n) is 6.27. The molecular formula is C28H17Cl2NO6. The van der Waals surface area contributed by atoms with Gasteiger partial charge in [-0.1, -0.05) is 47.5 Å². The Kier molecular flexibility index (Phi) is 6.19. The number of fused-ring (bicyclic) bond motifs is 1. The molecule has 0 atom stereocenters. The van der Waals surface area contributed by atoms with E-state index in [0.717, 1.165) is 6.07 Å². The SMILES string of the molecule is O=C1CC(c2ccc(Cl)cc2)=C2C(=O)N(Cc3cc(C(=O)O)cc(C(=O)O)c3)C(c3ccc(Cl)cc3)=C12. The summed E-state index contributed by atoms with van der Waals surface area (Å²) in [5.41, 5.74) is 2.58. The number of allylic oxidation sites excluding steroid dienone is 1. The number of amides is 1. The number of aromatic carboxylic acids is 2. The normalized spacial score (nSPS) is 15.0. The molecule has 0 radical (unpaired) electrons. The number of nitrogens with zero attached hydrogens (tertiary/aromatic N) is 1. The Morgan fingerprint density at radius 3 is 1.78 bits per heavy atom. The Morgan fingerprint density at radius 1 is 0.757 bits per heavy atom. The third kappa shape index (κ3) is 4.43.